The summed E-state index contributed by atoms with van der Waals surface area (Å²) in [6, 6.07) is 139. The van der Waals surface area contributed by atoms with Crippen molar-refractivity contribution >= 4 is 168 Å². The van der Waals surface area contributed by atoms with E-state index in [1.807, 2.05) is 6.08 Å². The molecule has 6 heteroatoms. The summed E-state index contributed by atoms with van der Waals surface area (Å²) in [6.45, 7) is 13.9. The Bertz CT molecular complexity index is 6570. The molecule has 0 saturated carbocycles. The van der Waals surface area contributed by atoms with Crippen molar-refractivity contribution in [3.05, 3.63) is 423 Å². The van der Waals surface area contributed by atoms with E-state index >= 15 is 0 Å². The fourth-order valence-corrected chi connectivity index (χ4v) is 26.9. The molecule has 0 aliphatic heterocycles. The van der Waals surface area contributed by atoms with E-state index < -0.39 is 16.1 Å². The van der Waals surface area contributed by atoms with Gasteiger partial charge >= 0.3 is 0 Å². The van der Waals surface area contributed by atoms with Crippen molar-refractivity contribution < 1.29 is 8.83 Å². The van der Waals surface area contributed by atoms with Crippen molar-refractivity contribution in [3.63, 3.8) is 0 Å². The van der Waals surface area contributed by atoms with E-state index in [1.54, 1.807) is 0 Å². The number of hydrogen-bond donors (Lipinski definition) is 0. The fraction of sp³-hybridized carbons (Fsp3) is 0.0566. The van der Waals surface area contributed by atoms with E-state index in [2.05, 4.69) is 438 Å². The summed E-state index contributed by atoms with van der Waals surface area (Å²) in [6.07, 6.45) is 6.55. The van der Waals surface area contributed by atoms with Crippen molar-refractivity contribution in [1.29, 1.82) is 0 Å². The first kappa shape index (κ1) is 69.1. The third-order valence-electron chi connectivity index (χ3n) is 23.2. The van der Waals surface area contributed by atoms with E-state index in [9.17, 15) is 0 Å². The Morgan fingerprint density at radius 2 is 0.688 bits per heavy atom. The smallest absolute Gasteiger partial charge is 0.179 e. The van der Waals surface area contributed by atoms with Crippen LogP contribution in [0.4, 0.5) is 34.1 Å². The largest absolute Gasteiger partial charge is 0.454 e. The molecule has 19 rings (SSSR count). The van der Waals surface area contributed by atoms with Crippen LogP contribution in [0.1, 0.15) is 56.2 Å². The van der Waals surface area contributed by atoms with Gasteiger partial charge in [-0.3, -0.25) is 0 Å². The van der Waals surface area contributed by atoms with E-state index in [4.69, 9.17) is 8.83 Å². The SMILES string of the molecule is C=C/C(=C\C=C\[Si](c1ccccc1)(c1ccccc1)c1ccccc1)c1cccc(N(c2cc(C(C)C)c3ccc4c(N(c5cccc(-c6ccc([Si](c7ccccc7)(c7ccccc7)c7ccccc7)cc6)c5)c5cccc6c5oc5ccccc56)cc(C(C)C)c5ccc2c3c54)c2cccc3c2oc2ccccc23)c1. The lowest BCUT2D eigenvalue weighted by molar-refractivity contribution is 0.668. The maximum atomic E-state index is 7.15. The van der Waals surface area contributed by atoms with E-state index in [-0.39, 0.29) is 11.8 Å². The number of para-hydroxylation sites is 4. The zero-order chi connectivity index (χ0) is 75.4. The molecule has 4 nitrogen and oxygen atoms in total. The number of hydrogen-bond acceptors (Lipinski definition) is 4. The van der Waals surface area contributed by atoms with Crippen molar-refractivity contribution in [2.24, 2.45) is 0 Å². The number of rotatable bonds is 20. The van der Waals surface area contributed by atoms with Crippen molar-refractivity contribution in [1.82, 2.24) is 0 Å². The minimum Gasteiger partial charge on any atom is -0.454 e. The first-order chi connectivity index (χ1) is 55.2. The van der Waals surface area contributed by atoms with Crippen LogP contribution < -0.4 is 46.1 Å². The first-order valence-corrected chi connectivity index (χ1v) is 43.1. The van der Waals surface area contributed by atoms with E-state index in [0.717, 1.165) is 111 Å². The van der Waals surface area contributed by atoms with Gasteiger partial charge in [0.15, 0.2) is 27.3 Å². The fourth-order valence-electron chi connectivity index (χ4n) is 18.1. The number of allylic oxidation sites excluding steroid dienone is 4. The maximum Gasteiger partial charge on any atom is 0.179 e. The van der Waals surface area contributed by atoms with Gasteiger partial charge in [0.1, 0.15) is 11.2 Å². The molecular weight excluding hydrogens is 1390 g/mol. The minimum atomic E-state index is -2.80. The average Bonchev–Trinajstić information content (AvgIpc) is 0.982. The van der Waals surface area contributed by atoms with Crippen molar-refractivity contribution in [2.45, 2.75) is 39.5 Å². The molecule has 0 aliphatic carbocycles. The zero-order valence-electron chi connectivity index (χ0n) is 63.2. The topological polar surface area (TPSA) is 32.8 Å². The second-order valence-corrected chi connectivity index (χ2v) is 37.6. The highest BCUT2D eigenvalue weighted by Crippen LogP contribution is 2.54. The molecule has 0 N–H and O–H groups in total. The molecule has 536 valence electrons. The Morgan fingerprint density at radius 1 is 0.312 bits per heavy atom. The monoisotopic (exact) mass is 1470 g/mol. The molecule has 0 unspecified atom stereocenters. The maximum absolute atomic E-state index is 7.15. The predicted octanol–water partition coefficient (Wildman–Crippen LogP) is 24.4. The number of nitrogens with zero attached hydrogens (tertiary/aromatic N) is 2. The van der Waals surface area contributed by atoms with Crippen LogP contribution in [-0.4, -0.2) is 16.1 Å². The van der Waals surface area contributed by atoms with Gasteiger partial charge < -0.3 is 18.6 Å². The zero-order valence-corrected chi connectivity index (χ0v) is 65.2. The highest BCUT2D eigenvalue weighted by Gasteiger charge is 2.42. The molecule has 17 aromatic carbocycles. The number of anilines is 6. The van der Waals surface area contributed by atoms with Crippen LogP contribution in [0.2, 0.25) is 0 Å². The summed E-state index contributed by atoms with van der Waals surface area (Å²) in [7, 11) is -5.53. The van der Waals surface area contributed by atoms with Crippen LogP contribution in [0.3, 0.4) is 0 Å². The third-order valence-corrected chi connectivity index (χ3v) is 32.5. The molecule has 2 aromatic heterocycles. The molecule has 0 aliphatic rings. The van der Waals surface area contributed by atoms with Crippen LogP contribution in [0.15, 0.2) is 415 Å². The molecule has 0 bridgehead atoms. The Hall–Kier alpha value is -13.4. The molecule has 0 amide bonds. The summed E-state index contributed by atoms with van der Waals surface area (Å²) < 4.78 is 14.3. The second kappa shape index (κ2) is 28.9. The summed E-state index contributed by atoms with van der Waals surface area (Å²) in [5, 5.41) is 20.7. The lowest BCUT2D eigenvalue weighted by Crippen LogP contribution is -2.74. The number of fused-ring (bicyclic) bond motifs is 6. The standard InChI is InChI=1S/C106H82N2O2Si2/c1-6-74(36-33-67-111(80-39-13-7-14-40-80,81-41-15-8-16-42-81)82-43-17-9-18-44-82)76-34-29-37-78(68-76)107(97-55-31-53-91-87-51-25-27-57-101(87)109-105(91)97)99-70-95(72(2)3)89-64-66-94-100(71-96(73(4)5)90-63-65-93(99)103(89)104(90)94)108(98-56-32-54-92-88-52-26-28-58-102(88)110-106(92)98)79-38-30-35-77(69-79)75-59-61-86(62-60-75)112(83-45-19-10-20-46-83,84-47-21-11-22-48-84)85-49-23-12-24-50-85/h6-73H,1H2,2-5H3/b67-33+,74-36+. The van der Waals surface area contributed by atoms with Gasteiger partial charge in [0.25, 0.3) is 0 Å². The van der Waals surface area contributed by atoms with Crippen LogP contribution in [-0.2, 0) is 0 Å². The molecule has 0 fully saturated rings. The van der Waals surface area contributed by atoms with Crippen LogP contribution in [0, 0.1) is 0 Å². The van der Waals surface area contributed by atoms with Crippen LogP contribution in [0.25, 0.3) is 92.9 Å². The van der Waals surface area contributed by atoms with Crippen molar-refractivity contribution in [3.8, 4) is 11.1 Å². The quantitative estimate of drug-likeness (QED) is 0.0329. The normalized spacial score (nSPS) is 12.3. The second-order valence-electron chi connectivity index (χ2n) is 30.1. The third kappa shape index (κ3) is 11.6. The highest BCUT2D eigenvalue weighted by atomic mass is 28.3. The summed E-state index contributed by atoms with van der Waals surface area (Å²) in [5.74, 6) is 0.274. The summed E-state index contributed by atoms with van der Waals surface area (Å²) >= 11 is 0. The number of benzene rings is 17. The van der Waals surface area contributed by atoms with Gasteiger partial charge in [-0.1, -0.05) is 374 Å². The van der Waals surface area contributed by atoms with E-state index in [1.165, 1.54) is 69.0 Å². The van der Waals surface area contributed by atoms with Crippen molar-refractivity contribution in [2.75, 3.05) is 9.80 Å². The molecule has 19 aromatic rings. The average molecular weight is 1470 g/mol. The van der Waals surface area contributed by atoms with Gasteiger partial charge in [-0.25, -0.2) is 0 Å². The first-order valence-electron chi connectivity index (χ1n) is 39.0. The minimum absolute atomic E-state index is 0.135. The van der Waals surface area contributed by atoms with Gasteiger partial charge in [-0.2, -0.15) is 0 Å². The van der Waals surface area contributed by atoms with Gasteiger partial charge in [0, 0.05) is 43.7 Å². The Morgan fingerprint density at radius 3 is 1.12 bits per heavy atom. The molecule has 2 heterocycles. The lowest BCUT2D eigenvalue weighted by Gasteiger charge is -2.34. The summed E-state index contributed by atoms with van der Waals surface area (Å²) in [4.78, 5) is 4.97. The number of furan rings is 2. The van der Waals surface area contributed by atoms with E-state index in [0.29, 0.717) is 0 Å². The van der Waals surface area contributed by atoms with Gasteiger partial charge in [0.05, 0.1) is 22.7 Å². The molecule has 0 spiro atoms. The lowest BCUT2D eigenvalue weighted by atomic mass is 9.84. The molecule has 0 atom stereocenters. The van der Waals surface area contributed by atoms with Crippen LogP contribution in [0.5, 0.6) is 0 Å². The van der Waals surface area contributed by atoms with Crippen LogP contribution >= 0.6 is 0 Å². The molecular formula is C106H82N2O2Si2. The Balaban J connectivity index is 0.818. The van der Waals surface area contributed by atoms with Gasteiger partial charge in [0.2, 0.25) is 0 Å². The highest BCUT2D eigenvalue weighted by molar-refractivity contribution is 7.20. The molecule has 0 radical (unpaired) electrons. The van der Waals surface area contributed by atoms with Gasteiger partial charge in [-0.05, 0) is 164 Å². The molecule has 112 heavy (non-hydrogen) atoms. The summed E-state index contributed by atoms with van der Waals surface area (Å²) in [5.41, 5.74) is 18.7. The predicted molar refractivity (Wildman–Crippen MR) is 483 cm³/mol. The van der Waals surface area contributed by atoms with Gasteiger partial charge in [-0.15, -0.1) is 0 Å². The molecule has 0 saturated heterocycles. The Labute approximate surface area is 656 Å². The Kier molecular flexibility index (Phi) is 17.8.